The van der Waals surface area contributed by atoms with Gasteiger partial charge in [-0.15, -0.1) is 0 Å². The van der Waals surface area contributed by atoms with Gasteiger partial charge in [-0.3, -0.25) is 9.59 Å². The summed E-state index contributed by atoms with van der Waals surface area (Å²) in [5.74, 6) is 0.658. The second-order valence-corrected chi connectivity index (χ2v) is 6.49. The summed E-state index contributed by atoms with van der Waals surface area (Å²) >= 11 is 1.21. The molecule has 24 heavy (non-hydrogen) atoms. The molecular weight excluding hydrogens is 324 g/mol. The lowest BCUT2D eigenvalue weighted by molar-refractivity contribution is -0.116. The van der Waals surface area contributed by atoms with Gasteiger partial charge in [-0.05, 0) is 37.5 Å². The Hall–Kier alpha value is -2.21. The molecule has 6 heteroatoms. The fourth-order valence-electron chi connectivity index (χ4n) is 2.20. The highest BCUT2D eigenvalue weighted by Crippen LogP contribution is 2.23. The number of hydrogen-bond donors (Lipinski definition) is 1. The molecule has 1 amide bonds. The van der Waals surface area contributed by atoms with Crippen LogP contribution in [0.15, 0.2) is 24.3 Å². The van der Waals surface area contributed by atoms with Gasteiger partial charge in [0.1, 0.15) is 5.75 Å². The van der Waals surface area contributed by atoms with Crippen LogP contribution in [0.4, 0.5) is 5.13 Å². The zero-order valence-electron chi connectivity index (χ0n) is 14.2. The Bertz CT molecular complexity index is 708. The molecule has 1 heterocycles. The van der Waals surface area contributed by atoms with Gasteiger partial charge in [0.15, 0.2) is 10.9 Å². The molecule has 0 saturated heterocycles. The predicted octanol–water partition coefficient (Wildman–Crippen LogP) is 4.01. The van der Waals surface area contributed by atoms with Crippen molar-refractivity contribution < 1.29 is 14.3 Å². The van der Waals surface area contributed by atoms with Gasteiger partial charge in [-0.1, -0.05) is 30.4 Å². The number of anilines is 1. The minimum atomic E-state index is -0.121. The van der Waals surface area contributed by atoms with Gasteiger partial charge in [0.25, 0.3) is 0 Å². The molecule has 128 valence electrons. The second-order valence-electron chi connectivity index (χ2n) is 5.49. The van der Waals surface area contributed by atoms with Crippen LogP contribution in [0.2, 0.25) is 0 Å². The molecule has 0 unspecified atom stereocenters. The molecule has 1 aromatic heterocycles. The highest BCUT2D eigenvalue weighted by atomic mass is 32.1. The Morgan fingerprint density at radius 2 is 1.96 bits per heavy atom. The zero-order valence-corrected chi connectivity index (χ0v) is 15.0. The number of aromatic nitrogens is 1. The maximum atomic E-state index is 11.9. The molecule has 2 rings (SSSR count). The van der Waals surface area contributed by atoms with E-state index in [4.69, 9.17) is 4.74 Å². The van der Waals surface area contributed by atoms with Gasteiger partial charge in [0, 0.05) is 13.3 Å². The fourth-order valence-corrected chi connectivity index (χ4v) is 3.08. The monoisotopic (exact) mass is 346 g/mol. The standard InChI is InChI=1S/C18H22N2O3S/c1-4-14-7-9-15(10-8-14)23-11-5-6-16(22)20-18-19-12(2)17(24-18)13(3)21/h7-10H,4-6,11H2,1-3H3,(H,19,20,22). The molecule has 0 atom stereocenters. The Morgan fingerprint density at radius 3 is 2.54 bits per heavy atom. The summed E-state index contributed by atoms with van der Waals surface area (Å²) in [6.07, 6.45) is 1.97. The van der Waals surface area contributed by atoms with Crippen LogP contribution >= 0.6 is 11.3 Å². The summed E-state index contributed by atoms with van der Waals surface area (Å²) < 4.78 is 5.62. The number of ether oxygens (including phenoxy) is 1. The number of nitrogens with zero attached hydrogens (tertiary/aromatic N) is 1. The first-order valence-corrected chi connectivity index (χ1v) is 8.81. The maximum absolute atomic E-state index is 11.9. The van der Waals surface area contributed by atoms with Gasteiger partial charge in [-0.2, -0.15) is 0 Å². The molecule has 0 fully saturated rings. The molecule has 0 aliphatic rings. The molecule has 1 aromatic carbocycles. The van der Waals surface area contributed by atoms with Crippen molar-refractivity contribution in [2.45, 2.75) is 40.0 Å². The zero-order chi connectivity index (χ0) is 17.5. The first-order chi connectivity index (χ1) is 11.5. The normalized spacial score (nSPS) is 10.5. The van der Waals surface area contributed by atoms with Crippen molar-refractivity contribution in [1.82, 2.24) is 4.98 Å². The van der Waals surface area contributed by atoms with E-state index in [2.05, 4.69) is 17.2 Å². The van der Waals surface area contributed by atoms with Gasteiger partial charge >= 0.3 is 0 Å². The Balaban J connectivity index is 1.73. The molecule has 0 radical (unpaired) electrons. The van der Waals surface area contributed by atoms with Crippen molar-refractivity contribution in [1.29, 1.82) is 0 Å². The largest absolute Gasteiger partial charge is 0.494 e. The molecule has 0 bridgehead atoms. The van der Waals surface area contributed by atoms with Crippen molar-refractivity contribution in [3.63, 3.8) is 0 Å². The number of thiazole rings is 1. The fraction of sp³-hybridized carbons (Fsp3) is 0.389. The average Bonchev–Trinajstić information content (AvgIpc) is 2.92. The molecule has 2 aromatic rings. The van der Waals surface area contributed by atoms with Crippen LogP contribution in [0.5, 0.6) is 5.75 Å². The summed E-state index contributed by atoms with van der Waals surface area (Å²) in [6, 6.07) is 7.97. The van der Waals surface area contributed by atoms with Crippen LogP contribution in [0.1, 0.15) is 47.6 Å². The average molecular weight is 346 g/mol. The van der Waals surface area contributed by atoms with E-state index < -0.39 is 0 Å². The number of aryl methyl sites for hydroxylation is 2. The molecule has 0 aliphatic carbocycles. The van der Waals surface area contributed by atoms with E-state index >= 15 is 0 Å². The van der Waals surface area contributed by atoms with Crippen molar-refractivity contribution in [2.75, 3.05) is 11.9 Å². The van der Waals surface area contributed by atoms with Crippen LogP contribution in [-0.2, 0) is 11.2 Å². The molecule has 5 nitrogen and oxygen atoms in total. The van der Waals surface area contributed by atoms with E-state index in [1.54, 1.807) is 6.92 Å². The van der Waals surface area contributed by atoms with E-state index in [0.29, 0.717) is 35.2 Å². The minimum absolute atomic E-state index is 0.0343. The lowest BCUT2D eigenvalue weighted by Gasteiger charge is -2.06. The number of carbonyl (C=O) groups excluding carboxylic acids is 2. The predicted molar refractivity (Wildman–Crippen MR) is 96.0 cm³/mol. The number of Topliss-reactive ketones (excluding diaryl/α,β-unsaturated/α-hetero) is 1. The number of amides is 1. The Kier molecular flexibility index (Phi) is 6.49. The van der Waals surface area contributed by atoms with Crippen LogP contribution in [0.25, 0.3) is 0 Å². The molecule has 1 N–H and O–H groups in total. The lowest BCUT2D eigenvalue weighted by atomic mass is 10.2. The lowest BCUT2D eigenvalue weighted by Crippen LogP contribution is -2.12. The van der Waals surface area contributed by atoms with E-state index in [1.165, 1.54) is 23.8 Å². The van der Waals surface area contributed by atoms with Crippen molar-refractivity contribution in [2.24, 2.45) is 0 Å². The quantitative estimate of drug-likeness (QED) is 0.579. The number of hydrogen-bond acceptors (Lipinski definition) is 5. The Labute approximate surface area is 146 Å². The number of rotatable bonds is 8. The van der Waals surface area contributed by atoms with Crippen LogP contribution < -0.4 is 10.1 Å². The number of nitrogens with one attached hydrogen (secondary N) is 1. The SMILES string of the molecule is CCc1ccc(OCCCC(=O)Nc2nc(C)c(C(C)=O)s2)cc1. The highest BCUT2D eigenvalue weighted by molar-refractivity contribution is 7.17. The topological polar surface area (TPSA) is 68.3 Å². The second kappa shape index (κ2) is 8.59. The third-order valence-corrected chi connectivity index (χ3v) is 4.68. The summed E-state index contributed by atoms with van der Waals surface area (Å²) in [7, 11) is 0. The molecule has 0 spiro atoms. The van der Waals surface area contributed by atoms with E-state index in [9.17, 15) is 9.59 Å². The number of ketones is 1. The van der Waals surface area contributed by atoms with E-state index in [0.717, 1.165) is 12.2 Å². The molecule has 0 saturated carbocycles. The van der Waals surface area contributed by atoms with Crippen LogP contribution in [0.3, 0.4) is 0 Å². The van der Waals surface area contributed by atoms with Gasteiger partial charge in [0.2, 0.25) is 5.91 Å². The third-order valence-electron chi connectivity index (χ3n) is 3.51. The van der Waals surface area contributed by atoms with E-state index in [1.807, 2.05) is 24.3 Å². The third kappa shape index (κ3) is 5.16. The summed E-state index contributed by atoms with van der Waals surface area (Å²) in [5, 5.41) is 3.20. The van der Waals surface area contributed by atoms with Gasteiger partial charge in [0.05, 0.1) is 17.2 Å². The highest BCUT2D eigenvalue weighted by Gasteiger charge is 2.13. The van der Waals surface area contributed by atoms with Gasteiger partial charge < -0.3 is 10.1 Å². The van der Waals surface area contributed by atoms with Crippen molar-refractivity contribution >= 4 is 28.2 Å². The van der Waals surface area contributed by atoms with Gasteiger partial charge in [-0.25, -0.2) is 4.98 Å². The summed E-state index contributed by atoms with van der Waals surface area (Å²) in [6.45, 7) is 5.85. The summed E-state index contributed by atoms with van der Waals surface area (Å²) in [4.78, 5) is 28.1. The Morgan fingerprint density at radius 1 is 1.25 bits per heavy atom. The van der Waals surface area contributed by atoms with Crippen LogP contribution in [0, 0.1) is 6.92 Å². The first kappa shape index (κ1) is 18.1. The number of carbonyl (C=O) groups is 2. The van der Waals surface area contributed by atoms with Crippen LogP contribution in [-0.4, -0.2) is 23.3 Å². The molecular formula is C18H22N2O3S. The first-order valence-electron chi connectivity index (χ1n) is 7.99. The van der Waals surface area contributed by atoms with E-state index in [-0.39, 0.29) is 11.7 Å². The maximum Gasteiger partial charge on any atom is 0.226 e. The smallest absolute Gasteiger partial charge is 0.226 e. The minimum Gasteiger partial charge on any atom is -0.494 e. The summed E-state index contributed by atoms with van der Waals surface area (Å²) in [5.41, 5.74) is 1.92. The van der Waals surface area contributed by atoms with Crippen molar-refractivity contribution in [3.8, 4) is 5.75 Å². The van der Waals surface area contributed by atoms with Crippen molar-refractivity contribution in [3.05, 3.63) is 40.4 Å². The number of benzene rings is 1. The molecule has 0 aliphatic heterocycles.